The average molecular weight is 292 g/mol. The first-order valence-electron chi connectivity index (χ1n) is 7.49. The standard InChI is InChI=1S/C19H20N2O/c1-13-11-12-18(21(13)3)19(22)20-14(2)16-10-6-8-15-7-4-5-9-17(15)16/h4-12,14H,1-3H3,(H,20,22)/t14-/m1/s1. The van der Waals surface area contributed by atoms with Crippen LogP contribution in [0.3, 0.4) is 0 Å². The van der Waals surface area contributed by atoms with E-state index in [4.69, 9.17) is 0 Å². The van der Waals surface area contributed by atoms with E-state index < -0.39 is 0 Å². The Morgan fingerprint density at radius 1 is 1.05 bits per heavy atom. The molecule has 112 valence electrons. The average Bonchev–Trinajstić information content (AvgIpc) is 2.86. The van der Waals surface area contributed by atoms with Crippen LogP contribution in [0.5, 0.6) is 0 Å². The molecule has 1 aromatic heterocycles. The van der Waals surface area contributed by atoms with Crippen molar-refractivity contribution >= 4 is 16.7 Å². The number of hydrogen-bond donors (Lipinski definition) is 1. The fraction of sp³-hybridized carbons (Fsp3) is 0.211. The maximum Gasteiger partial charge on any atom is 0.268 e. The lowest BCUT2D eigenvalue weighted by atomic mass is 9.99. The van der Waals surface area contributed by atoms with Crippen molar-refractivity contribution in [3.8, 4) is 0 Å². The van der Waals surface area contributed by atoms with Gasteiger partial charge >= 0.3 is 0 Å². The molecule has 1 N–H and O–H groups in total. The summed E-state index contributed by atoms with van der Waals surface area (Å²) in [4.78, 5) is 12.5. The predicted octanol–water partition coefficient (Wildman–Crippen LogP) is 3.98. The summed E-state index contributed by atoms with van der Waals surface area (Å²) in [6.07, 6.45) is 0. The molecule has 1 atom stereocenters. The summed E-state index contributed by atoms with van der Waals surface area (Å²) in [5, 5.41) is 5.47. The first kappa shape index (κ1) is 14.4. The molecule has 2 aromatic carbocycles. The topological polar surface area (TPSA) is 34.0 Å². The maximum atomic E-state index is 12.5. The van der Waals surface area contributed by atoms with E-state index in [0.717, 1.165) is 11.3 Å². The van der Waals surface area contributed by atoms with Gasteiger partial charge in [-0.2, -0.15) is 0 Å². The highest BCUT2D eigenvalue weighted by molar-refractivity contribution is 5.94. The maximum absolute atomic E-state index is 12.5. The number of hydrogen-bond acceptors (Lipinski definition) is 1. The van der Waals surface area contributed by atoms with Gasteiger partial charge < -0.3 is 9.88 Å². The van der Waals surface area contributed by atoms with E-state index in [1.807, 2.05) is 55.8 Å². The minimum absolute atomic E-state index is 0.0453. The number of aromatic nitrogens is 1. The highest BCUT2D eigenvalue weighted by Crippen LogP contribution is 2.24. The number of nitrogens with one attached hydrogen (secondary N) is 1. The van der Waals surface area contributed by atoms with Crippen LogP contribution in [0.25, 0.3) is 10.8 Å². The van der Waals surface area contributed by atoms with Crippen molar-refractivity contribution in [1.29, 1.82) is 0 Å². The van der Waals surface area contributed by atoms with Crippen LogP contribution in [0.4, 0.5) is 0 Å². The molecule has 0 aliphatic heterocycles. The van der Waals surface area contributed by atoms with E-state index in [-0.39, 0.29) is 11.9 Å². The van der Waals surface area contributed by atoms with Crippen molar-refractivity contribution in [1.82, 2.24) is 9.88 Å². The van der Waals surface area contributed by atoms with Gasteiger partial charge in [0.25, 0.3) is 5.91 Å². The molecule has 0 fully saturated rings. The number of carbonyl (C=O) groups is 1. The van der Waals surface area contributed by atoms with Crippen molar-refractivity contribution < 1.29 is 4.79 Å². The summed E-state index contributed by atoms with van der Waals surface area (Å²) in [6.45, 7) is 4.01. The molecular formula is C19H20N2O. The third-order valence-electron chi connectivity index (χ3n) is 4.24. The minimum Gasteiger partial charge on any atom is -0.344 e. The van der Waals surface area contributed by atoms with E-state index in [0.29, 0.717) is 5.69 Å². The smallest absolute Gasteiger partial charge is 0.268 e. The Hall–Kier alpha value is -2.55. The highest BCUT2D eigenvalue weighted by Gasteiger charge is 2.16. The van der Waals surface area contributed by atoms with E-state index >= 15 is 0 Å². The van der Waals surface area contributed by atoms with Gasteiger partial charge in [-0.3, -0.25) is 4.79 Å². The SMILES string of the molecule is Cc1ccc(C(=O)N[C@H](C)c2cccc3ccccc23)n1C. The van der Waals surface area contributed by atoms with E-state index in [9.17, 15) is 4.79 Å². The lowest BCUT2D eigenvalue weighted by Gasteiger charge is -2.17. The molecule has 3 nitrogen and oxygen atoms in total. The number of aryl methyl sites for hydroxylation is 1. The van der Waals surface area contributed by atoms with Gasteiger partial charge in [0.1, 0.15) is 5.69 Å². The predicted molar refractivity (Wildman–Crippen MR) is 90.0 cm³/mol. The number of fused-ring (bicyclic) bond motifs is 1. The lowest BCUT2D eigenvalue weighted by Crippen LogP contribution is -2.28. The molecule has 0 spiro atoms. The molecular weight excluding hydrogens is 272 g/mol. The lowest BCUT2D eigenvalue weighted by molar-refractivity contribution is 0.0931. The van der Waals surface area contributed by atoms with Gasteiger partial charge in [-0.25, -0.2) is 0 Å². The third kappa shape index (κ3) is 2.50. The van der Waals surface area contributed by atoms with Gasteiger partial charge in [-0.05, 0) is 42.3 Å². The molecule has 1 amide bonds. The van der Waals surface area contributed by atoms with Crippen LogP contribution in [0, 0.1) is 6.92 Å². The molecule has 0 saturated carbocycles. The second kappa shape index (κ2) is 5.68. The zero-order valence-electron chi connectivity index (χ0n) is 13.1. The molecule has 0 aliphatic rings. The number of amides is 1. The Kier molecular flexibility index (Phi) is 3.72. The second-order valence-corrected chi connectivity index (χ2v) is 5.68. The Morgan fingerprint density at radius 3 is 2.50 bits per heavy atom. The molecule has 0 bridgehead atoms. The van der Waals surface area contributed by atoms with Crippen molar-refractivity contribution in [2.75, 3.05) is 0 Å². The van der Waals surface area contributed by atoms with E-state index in [1.54, 1.807) is 0 Å². The monoisotopic (exact) mass is 292 g/mol. The van der Waals surface area contributed by atoms with Gasteiger partial charge in [-0.1, -0.05) is 42.5 Å². The minimum atomic E-state index is -0.0474. The summed E-state index contributed by atoms with van der Waals surface area (Å²) >= 11 is 0. The Balaban J connectivity index is 1.89. The molecule has 0 unspecified atom stereocenters. The number of carbonyl (C=O) groups excluding carboxylic acids is 1. The summed E-state index contributed by atoms with van der Waals surface area (Å²) in [7, 11) is 1.91. The van der Waals surface area contributed by atoms with Crippen molar-refractivity contribution in [2.45, 2.75) is 19.9 Å². The molecule has 22 heavy (non-hydrogen) atoms. The first-order chi connectivity index (χ1) is 10.6. The number of rotatable bonds is 3. The molecule has 3 rings (SSSR count). The van der Waals surface area contributed by atoms with Gasteiger partial charge in [0.05, 0.1) is 6.04 Å². The Bertz CT molecular complexity index is 827. The molecule has 0 aliphatic carbocycles. The van der Waals surface area contributed by atoms with Crippen molar-refractivity contribution in [2.24, 2.45) is 7.05 Å². The van der Waals surface area contributed by atoms with Crippen LogP contribution < -0.4 is 5.32 Å². The van der Waals surface area contributed by atoms with Gasteiger partial charge in [-0.15, -0.1) is 0 Å². The van der Waals surface area contributed by atoms with Crippen molar-refractivity contribution in [3.63, 3.8) is 0 Å². The van der Waals surface area contributed by atoms with Crippen LogP contribution in [0.1, 0.15) is 34.7 Å². The van der Waals surface area contributed by atoms with Gasteiger partial charge in [0, 0.05) is 12.7 Å². The third-order valence-corrected chi connectivity index (χ3v) is 4.24. The zero-order chi connectivity index (χ0) is 15.7. The molecule has 0 saturated heterocycles. The Morgan fingerprint density at radius 2 is 1.77 bits per heavy atom. The molecule has 3 heteroatoms. The van der Waals surface area contributed by atoms with Gasteiger partial charge in [0.2, 0.25) is 0 Å². The number of nitrogens with zero attached hydrogens (tertiary/aromatic N) is 1. The van der Waals surface area contributed by atoms with Gasteiger partial charge in [0.15, 0.2) is 0 Å². The van der Waals surface area contributed by atoms with Crippen LogP contribution in [0.15, 0.2) is 54.6 Å². The van der Waals surface area contributed by atoms with Crippen LogP contribution >= 0.6 is 0 Å². The molecule has 1 heterocycles. The molecule has 3 aromatic rings. The molecule has 0 radical (unpaired) electrons. The quantitative estimate of drug-likeness (QED) is 0.778. The highest BCUT2D eigenvalue weighted by atomic mass is 16.2. The van der Waals surface area contributed by atoms with Crippen LogP contribution in [-0.2, 0) is 7.05 Å². The normalized spacial score (nSPS) is 12.3. The largest absolute Gasteiger partial charge is 0.344 e. The van der Waals surface area contributed by atoms with E-state index in [1.165, 1.54) is 10.8 Å². The van der Waals surface area contributed by atoms with Crippen LogP contribution in [-0.4, -0.2) is 10.5 Å². The number of benzene rings is 2. The zero-order valence-corrected chi connectivity index (χ0v) is 13.1. The second-order valence-electron chi connectivity index (χ2n) is 5.68. The van der Waals surface area contributed by atoms with Crippen LogP contribution in [0.2, 0.25) is 0 Å². The summed E-state index contributed by atoms with van der Waals surface area (Å²) < 4.78 is 1.91. The summed E-state index contributed by atoms with van der Waals surface area (Å²) in [6, 6.07) is 18.2. The summed E-state index contributed by atoms with van der Waals surface area (Å²) in [5.41, 5.74) is 2.89. The summed E-state index contributed by atoms with van der Waals surface area (Å²) in [5.74, 6) is -0.0453. The Labute approximate surface area is 130 Å². The fourth-order valence-corrected chi connectivity index (χ4v) is 2.82. The van der Waals surface area contributed by atoms with E-state index in [2.05, 4.69) is 29.6 Å². The first-order valence-corrected chi connectivity index (χ1v) is 7.49. The fourth-order valence-electron chi connectivity index (χ4n) is 2.82. The van der Waals surface area contributed by atoms with Crippen molar-refractivity contribution in [3.05, 3.63) is 71.5 Å².